The highest BCUT2D eigenvalue weighted by molar-refractivity contribution is 6.08. The number of nitrogen functional groups attached to an aromatic ring is 1. The first-order valence-electron chi connectivity index (χ1n) is 5.93. The molecule has 1 heterocycles. The van der Waals surface area contributed by atoms with Gasteiger partial charge in [-0.05, 0) is 30.3 Å². The largest absolute Gasteiger partial charge is 0.396 e. The van der Waals surface area contributed by atoms with Crippen LogP contribution in [0, 0.1) is 5.82 Å². The number of hydrogen-bond acceptors (Lipinski definition) is 3. The van der Waals surface area contributed by atoms with Gasteiger partial charge < -0.3 is 11.1 Å². The van der Waals surface area contributed by atoms with Crippen LogP contribution in [0.1, 0.15) is 10.4 Å². The zero-order valence-electron chi connectivity index (χ0n) is 10.4. The highest BCUT2D eigenvalue weighted by Gasteiger charge is 2.12. The molecule has 0 spiro atoms. The zero-order valence-corrected chi connectivity index (χ0v) is 10.4. The van der Waals surface area contributed by atoms with Crippen molar-refractivity contribution < 1.29 is 9.18 Å². The number of rotatable bonds is 2. The van der Waals surface area contributed by atoms with Crippen molar-refractivity contribution in [1.82, 2.24) is 10.2 Å². The first-order valence-corrected chi connectivity index (χ1v) is 5.93. The number of carbonyl (C=O) groups excluding carboxylic acids is 1. The van der Waals surface area contributed by atoms with Gasteiger partial charge in [0.1, 0.15) is 5.82 Å². The quantitative estimate of drug-likeness (QED) is 0.626. The van der Waals surface area contributed by atoms with Crippen molar-refractivity contribution >= 4 is 28.2 Å². The molecule has 1 amide bonds. The van der Waals surface area contributed by atoms with Gasteiger partial charge in [0.15, 0.2) is 0 Å². The predicted molar refractivity (Wildman–Crippen MR) is 74.9 cm³/mol. The Labute approximate surface area is 113 Å². The average Bonchev–Trinajstić information content (AvgIpc) is 2.89. The minimum absolute atomic E-state index is 0.109. The monoisotopic (exact) mass is 270 g/mol. The number of nitrogens with zero attached hydrogens (tertiary/aromatic N) is 1. The molecule has 0 radical (unpaired) electrons. The van der Waals surface area contributed by atoms with Crippen LogP contribution in [0.25, 0.3) is 10.9 Å². The maximum Gasteiger partial charge on any atom is 0.257 e. The van der Waals surface area contributed by atoms with Gasteiger partial charge in [-0.2, -0.15) is 5.10 Å². The van der Waals surface area contributed by atoms with E-state index in [0.717, 1.165) is 10.9 Å². The predicted octanol–water partition coefficient (Wildman–Crippen LogP) is 2.54. The van der Waals surface area contributed by atoms with Crippen molar-refractivity contribution in [1.29, 1.82) is 0 Å². The Morgan fingerprint density at radius 2 is 2.15 bits per heavy atom. The van der Waals surface area contributed by atoms with Crippen LogP contribution < -0.4 is 11.1 Å². The summed E-state index contributed by atoms with van der Waals surface area (Å²) in [6.07, 6.45) is 1.65. The normalized spacial score (nSPS) is 10.7. The molecular formula is C14H11FN4O. The number of amides is 1. The number of H-pyrrole nitrogens is 1. The number of halogens is 1. The van der Waals surface area contributed by atoms with E-state index in [2.05, 4.69) is 15.5 Å². The molecule has 100 valence electrons. The number of nitrogens with one attached hydrogen (secondary N) is 2. The molecule has 5 nitrogen and oxygen atoms in total. The molecular weight excluding hydrogens is 259 g/mol. The van der Waals surface area contributed by atoms with Crippen molar-refractivity contribution in [3.63, 3.8) is 0 Å². The van der Waals surface area contributed by atoms with Crippen molar-refractivity contribution in [3.05, 3.63) is 54.0 Å². The van der Waals surface area contributed by atoms with Crippen molar-refractivity contribution in [2.75, 3.05) is 11.1 Å². The van der Waals surface area contributed by atoms with Crippen LogP contribution in [-0.2, 0) is 0 Å². The van der Waals surface area contributed by atoms with Crippen LogP contribution in [0.3, 0.4) is 0 Å². The summed E-state index contributed by atoms with van der Waals surface area (Å²) >= 11 is 0. The molecule has 0 unspecified atom stereocenters. The Bertz CT molecular complexity index is 797. The standard InChI is InChI=1S/C14H11FN4O/c15-11-3-1-2-10(13(11)16)14(20)18-9-4-5-12-8(6-9)7-17-19-12/h1-7H,16H2,(H,17,19)(H,18,20). The van der Waals surface area contributed by atoms with Crippen molar-refractivity contribution in [3.8, 4) is 0 Å². The first kappa shape index (κ1) is 12.2. The van der Waals surface area contributed by atoms with Gasteiger partial charge in [-0.1, -0.05) is 6.07 Å². The van der Waals surface area contributed by atoms with E-state index in [9.17, 15) is 9.18 Å². The molecule has 2 aromatic carbocycles. The molecule has 0 aliphatic rings. The molecule has 0 saturated carbocycles. The van der Waals surface area contributed by atoms with E-state index in [-0.39, 0.29) is 11.3 Å². The molecule has 20 heavy (non-hydrogen) atoms. The summed E-state index contributed by atoms with van der Waals surface area (Å²) in [4.78, 5) is 12.1. The minimum Gasteiger partial charge on any atom is -0.396 e. The molecule has 0 fully saturated rings. The lowest BCUT2D eigenvalue weighted by Crippen LogP contribution is -2.14. The SMILES string of the molecule is Nc1c(F)cccc1C(=O)Nc1ccc2[nH]ncc2c1. The second kappa shape index (κ2) is 4.65. The van der Waals surface area contributed by atoms with E-state index in [0.29, 0.717) is 5.69 Å². The maximum atomic E-state index is 13.3. The van der Waals surface area contributed by atoms with Gasteiger partial charge >= 0.3 is 0 Å². The summed E-state index contributed by atoms with van der Waals surface area (Å²) in [5.74, 6) is -1.06. The number of nitrogens with two attached hydrogens (primary N) is 1. The number of fused-ring (bicyclic) bond motifs is 1. The Morgan fingerprint density at radius 1 is 1.30 bits per heavy atom. The van der Waals surface area contributed by atoms with Crippen LogP contribution in [0.4, 0.5) is 15.8 Å². The number of para-hydroxylation sites is 1. The molecule has 1 aromatic heterocycles. The molecule has 0 atom stereocenters. The lowest BCUT2D eigenvalue weighted by Gasteiger charge is -2.08. The van der Waals surface area contributed by atoms with E-state index in [1.165, 1.54) is 18.2 Å². The average molecular weight is 270 g/mol. The molecule has 3 aromatic rings. The van der Waals surface area contributed by atoms with Crippen LogP contribution in [0.5, 0.6) is 0 Å². The number of hydrogen-bond donors (Lipinski definition) is 3. The molecule has 4 N–H and O–H groups in total. The number of anilines is 2. The van der Waals surface area contributed by atoms with Crippen LogP contribution in [0.2, 0.25) is 0 Å². The molecule has 3 rings (SSSR count). The third-order valence-electron chi connectivity index (χ3n) is 3.00. The van der Waals surface area contributed by atoms with Gasteiger partial charge in [0.25, 0.3) is 5.91 Å². The van der Waals surface area contributed by atoms with E-state index in [1.54, 1.807) is 24.4 Å². The summed E-state index contributed by atoms with van der Waals surface area (Å²) in [5.41, 5.74) is 6.97. The Morgan fingerprint density at radius 3 is 3.00 bits per heavy atom. The van der Waals surface area contributed by atoms with E-state index < -0.39 is 11.7 Å². The van der Waals surface area contributed by atoms with Crippen molar-refractivity contribution in [2.45, 2.75) is 0 Å². The van der Waals surface area contributed by atoms with Gasteiger partial charge in [0, 0.05) is 11.1 Å². The van der Waals surface area contributed by atoms with Gasteiger partial charge in [0.05, 0.1) is 23.0 Å². The van der Waals surface area contributed by atoms with E-state index in [4.69, 9.17) is 5.73 Å². The minimum atomic E-state index is -0.608. The zero-order chi connectivity index (χ0) is 14.1. The highest BCUT2D eigenvalue weighted by Crippen LogP contribution is 2.20. The van der Waals surface area contributed by atoms with Gasteiger partial charge in [0.2, 0.25) is 0 Å². The molecule has 6 heteroatoms. The lowest BCUT2D eigenvalue weighted by molar-refractivity contribution is 0.102. The van der Waals surface area contributed by atoms with E-state index >= 15 is 0 Å². The first-order chi connectivity index (χ1) is 9.65. The van der Waals surface area contributed by atoms with Crippen LogP contribution >= 0.6 is 0 Å². The van der Waals surface area contributed by atoms with E-state index in [1.807, 2.05) is 0 Å². The van der Waals surface area contributed by atoms with Crippen LogP contribution in [-0.4, -0.2) is 16.1 Å². The third kappa shape index (κ3) is 2.07. The van der Waals surface area contributed by atoms with Gasteiger partial charge in [-0.15, -0.1) is 0 Å². The highest BCUT2D eigenvalue weighted by atomic mass is 19.1. The summed E-state index contributed by atoms with van der Waals surface area (Å²) in [5, 5.41) is 10.3. The molecule has 0 aliphatic carbocycles. The van der Waals surface area contributed by atoms with Crippen molar-refractivity contribution in [2.24, 2.45) is 0 Å². The fourth-order valence-electron chi connectivity index (χ4n) is 1.95. The molecule has 0 aliphatic heterocycles. The number of aromatic amines is 1. The Balaban J connectivity index is 1.90. The summed E-state index contributed by atoms with van der Waals surface area (Å²) in [6, 6.07) is 9.43. The lowest BCUT2D eigenvalue weighted by atomic mass is 10.1. The fraction of sp³-hybridized carbons (Fsp3) is 0. The topological polar surface area (TPSA) is 83.8 Å². The Hall–Kier alpha value is -2.89. The van der Waals surface area contributed by atoms with Gasteiger partial charge in [-0.25, -0.2) is 4.39 Å². The number of carbonyl (C=O) groups is 1. The summed E-state index contributed by atoms with van der Waals surface area (Å²) in [7, 11) is 0. The summed E-state index contributed by atoms with van der Waals surface area (Å²) < 4.78 is 13.3. The number of benzene rings is 2. The third-order valence-corrected chi connectivity index (χ3v) is 3.00. The smallest absolute Gasteiger partial charge is 0.257 e. The maximum absolute atomic E-state index is 13.3. The molecule has 0 bridgehead atoms. The second-order valence-corrected chi connectivity index (χ2v) is 4.33. The Kier molecular flexibility index (Phi) is 2.83. The van der Waals surface area contributed by atoms with Crippen LogP contribution in [0.15, 0.2) is 42.6 Å². The number of aromatic nitrogens is 2. The second-order valence-electron chi connectivity index (χ2n) is 4.33. The molecule has 0 saturated heterocycles. The summed E-state index contributed by atoms with van der Waals surface area (Å²) in [6.45, 7) is 0. The fourth-order valence-corrected chi connectivity index (χ4v) is 1.95. The van der Waals surface area contributed by atoms with Gasteiger partial charge in [-0.3, -0.25) is 9.89 Å².